The SMILES string of the molecule is Cc1ccnc(NS(=O)(=O)c2cc(C(=O)N3CCCC3)cs2)c1. The van der Waals surface area contributed by atoms with Crippen molar-refractivity contribution in [2.45, 2.75) is 24.0 Å². The molecule has 1 fully saturated rings. The Hall–Kier alpha value is -1.93. The summed E-state index contributed by atoms with van der Waals surface area (Å²) in [6.07, 6.45) is 3.55. The monoisotopic (exact) mass is 351 g/mol. The Morgan fingerprint density at radius 2 is 2.04 bits per heavy atom. The zero-order valence-electron chi connectivity index (χ0n) is 12.7. The Labute approximate surface area is 139 Å². The quantitative estimate of drug-likeness (QED) is 0.918. The minimum Gasteiger partial charge on any atom is -0.339 e. The Morgan fingerprint density at radius 3 is 2.74 bits per heavy atom. The van der Waals surface area contributed by atoms with E-state index in [4.69, 9.17) is 0 Å². The van der Waals surface area contributed by atoms with E-state index in [1.807, 2.05) is 6.92 Å². The van der Waals surface area contributed by atoms with Gasteiger partial charge >= 0.3 is 0 Å². The van der Waals surface area contributed by atoms with Gasteiger partial charge in [-0.15, -0.1) is 11.3 Å². The van der Waals surface area contributed by atoms with E-state index in [-0.39, 0.29) is 15.9 Å². The van der Waals surface area contributed by atoms with Gasteiger partial charge in [-0.3, -0.25) is 9.52 Å². The highest BCUT2D eigenvalue weighted by molar-refractivity contribution is 7.94. The van der Waals surface area contributed by atoms with E-state index in [0.29, 0.717) is 5.56 Å². The Morgan fingerprint density at radius 1 is 1.30 bits per heavy atom. The number of aryl methyl sites for hydroxylation is 1. The highest BCUT2D eigenvalue weighted by Crippen LogP contribution is 2.24. The van der Waals surface area contributed by atoms with Crippen LogP contribution in [0, 0.1) is 6.92 Å². The number of likely N-dealkylation sites (tertiary alicyclic amines) is 1. The molecular formula is C15H17N3O3S2. The fourth-order valence-corrected chi connectivity index (χ4v) is 4.61. The number of thiophene rings is 1. The van der Waals surface area contributed by atoms with E-state index >= 15 is 0 Å². The van der Waals surface area contributed by atoms with Gasteiger partial charge in [-0.05, 0) is 43.5 Å². The molecule has 0 saturated carbocycles. The summed E-state index contributed by atoms with van der Waals surface area (Å²) >= 11 is 1.04. The third-order valence-electron chi connectivity index (χ3n) is 3.63. The van der Waals surface area contributed by atoms with Crippen molar-refractivity contribution in [3.05, 3.63) is 40.9 Å². The van der Waals surface area contributed by atoms with Crippen molar-refractivity contribution >= 4 is 33.1 Å². The van der Waals surface area contributed by atoms with Crippen LogP contribution in [0.1, 0.15) is 28.8 Å². The fourth-order valence-electron chi connectivity index (χ4n) is 2.45. The number of carbonyl (C=O) groups is 1. The highest BCUT2D eigenvalue weighted by Gasteiger charge is 2.24. The van der Waals surface area contributed by atoms with Crippen LogP contribution in [-0.2, 0) is 10.0 Å². The molecule has 6 nitrogen and oxygen atoms in total. The van der Waals surface area contributed by atoms with Crippen LogP contribution < -0.4 is 4.72 Å². The molecule has 0 spiro atoms. The molecular weight excluding hydrogens is 334 g/mol. The van der Waals surface area contributed by atoms with Crippen LogP contribution >= 0.6 is 11.3 Å². The molecule has 0 aromatic carbocycles. The molecule has 0 atom stereocenters. The first-order chi connectivity index (χ1) is 11.0. The lowest BCUT2D eigenvalue weighted by atomic mass is 10.3. The predicted octanol–water partition coefficient (Wildman–Crippen LogP) is 2.49. The van der Waals surface area contributed by atoms with E-state index in [2.05, 4.69) is 9.71 Å². The van der Waals surface area contributed by atoms with Gasteiger partial charge in [0.2, 0.25) is 0 Å². The minimum atomic E-state index is -3.73. The smallest absolute Gasteiger partial charge is 0.272 e. The van der Waals surface area contributed by atoms with Crippen molar-refractivity contribution in [3.8, 4) is 0 Å². The van der Waals surface area contributed by atoms with Crippen molar-refractivity contribution in [1.82, 2.24) is 9.88 Å². The fraction of sp³-hybridized carbons (Fsp3) is 0.333. The Balaban J connectivity index is 1.79. The third kappa shape index (κ3) is 3.53. The molecule has 1 N–H and O–H groups in total. The maximum absolute atomic E-state index is 12.4. The number of hydrogen-bond acceptors (Lipinski definition) is 5. The number of carbonyl (C=O) groups excluding carboxylic acids is 1. The van der Waals surface area contributed by atoms with E-state index < -0.39 is 10.0 Å². The zero-order valence-corrected chi connectivity index (χ0v) is 14.3. The van der Waals surface area contributed by atoms with Crippen molar-refractivity contribution in [1.29, 1.82) is 0 Å². The van der Waals surface area contributed by atoms with Gasteiger partial charge in [0, 0.05) is 24.7 Å². The molecule has 1 aliphatic heterocycles. The number of nitrogens with zero attached hydrogens (tertiary/aromatic N) is 2. The lowest BCUT2D eigenvalue weighted by Crippen LogP contribution is -2.27. The number of hydrogen-bond donors (Lipinski definition) is 1. The van der Waals surface area contributed by atoms with Crippen molar-refractivity contribution in [2.75, 3.05) is 17.8 Å². The second-order valence-electron chi connectivity index (χ2n) is 5.48. The average molecular weight is 351 g/mol. The van der Waals surface area contributed by atoms with Gasteiger partial charge in [-0.25, -0.2) is 13.4 Å². The van der Waals surface area contributed by atoms with Crippen LogP contribution in [0.2, 0.25) is 0 Å². The molecule has 122 valence electrons. The molecule has 0 bridgehead atoms. The van der Waals surface area contributed by atoms with Crippen LogP contribution in [0.3, 0.4) is 0 Å². The molecule has 2 aromatic rings. The summed E-state index contributed by atoms with van der Waals surface area (Å²) < 4.78 is 27.4. The first-order valence-corrected chi connectivity index (χ1v) is 9.65. The molecule has 1 aliphatic rings. The van der Waals surface area contributed by atoms with Crippen LogP contribution in [0.4, 0.5) is 5.82 Å². The van der Waals surface area contributed by atoms with Crippen LogP contribution in [0.25, 0.3) is 0 Å². The molecule has 1 saturated heterocycles. The number of amides is 1. The summed E-state index contributed by atoms with van der Waals surface area (Å²) in [5.74, 6) is 0.166. The molecule has 0 unspecified atom stereocenters. The maximum Gasteiger partial charge on any atom is 0.272 e. The van der Waals surface area contributed by atoms with Gasteiger partial charge in [0.15, 0.2) is 0 Å². The van der Waals surface area contributed by atoms with E-state index in [0.717, 1.165) is 42.8 Å². The summed E-state index contributed by atoms with van der Waals surface area (Å²) in [5.41, 5.74) is 1.34. The van der Waals surface area contributed by atoms with E-state index in [1.165, 1.54) is 6.07 Å². The second-order valence-corrected chi connectivity index (χ2v) is 8.30. The largest absolute Gasteiger partial charge is 0.339 e. The molecule has 2 aromatic heterocycles. The van der Waals surface area contributed by atoms with Gasteiger partial charge in [0.05, 0.1) is 5.56 Å². The van der Waals surface area contributed by atoms with Crippen molar-refractivity contribution < 1.29 is 13.2 Å². The Kier molecular flexibility index (Phi) is 4.36. The normalized spacial score (nSPS) is 14.9. The van der Waals surface area contributed by atoms with Crippen LogP contribution in [0.5, 0.6) is 0 Å². The molecule has 8 heteroatoms. The number of nitrogens with one attached hydrogen (secondary N) is 1. The van der Waals surface area contributed by atoms with E-state index in [1.54, 1.807) is 28.6 Å². The number of anilines is 1. The van der Waals surface area contributed by atoms with Crippen LogP contribution in [-0.4, -0.2) is 37.3 Å². The van der Waals surface area contributed by atoms with Gasteiger partial charge in [-0.2, -0.15) is 0 Å². The Bertz CT molecular complexity index is 824. The lowest BCUT2D eigenvalue weighted by Gasteiger charge is -2.13. The summed E-state index contributed by atoms with van der Waals surface area (Å²) in [7, 11) is -3.73. The summed E-state index contributed by atoms with van der Waals surface area (Å²) in [6.45, 7) is 3.34. The van der Waals surface area contributed by atoms with Gasteiger partial charge < -0.3 is 4.90 Å². The first-order valence-electron chi connectivity index (χ1n) is 7.29. The summed E-state index contributed by atoms with van der Waals surface area (Å²) in [5, 5.41) is 1.60. The minimum absolute atomic E-state index is 0.103. The number of rotatable bonds is 4. The third-order valence-corrected chi connectivity index (χ3v) is 6.43. The van der Waals surface area contributed by atoms with E-state index in [9.17, 15) is 13.2 Å². The topological polar surface area (TPSA) is 79.4 Å². The van der Waals surface area contributed by atoms with Crippen molar-refractivity contribution in [2.24, 2.45) is 0 Å². The first kappa shape index (κ1) is 15.9. The number of pyridine rings is 1. The molecule has 23 heavy (non-hydrogen) atoms. The molecule has 1 amide bonds. The molecule has 3 rings (SSSR count). The molecule has 3 heterocycles. The molecule has 0 aliphatic carbocycles. The van der Waals surface area contributed by atoms with Gasteiger partial charge in [0.1, 0.15) is 10.0 Å². The zero-order chi connectivity index (χ0) is 16.4. The van der Waals surface area contributed by atoms with Crippen LogP contribution in [0.15, 0.2) is 34.0 Å². The molecule has 0 radical (unpaired) electrons. The van der Waals surface area contributed by atoms with Gasteiger partial charge in [-0.1, -0.05) is 0 Å². The van der Waals surface area contributed by atoms with Gasteiger partial charge in [0.25, 0.3) is 15.9 Å². The number of sulfonamides is 1. The predicted molar refractivity (Wildman–Crippen MR) is 89.2 cm³/mol. The summed E-state index contributed by atoms with van der Waals surface area (Å²) in [6, 6.07) is 4.88. The standard InChI is InChI=1S/C15H17N3O3S2/c1-11-4-5-16-13(8-11)17-23(20,21)14-9-12(10-22-14)15(19)18-6-2-3-7-18/h4-5,8-10H,2-3,6-7H2,1H3,(H,16,17). The second kappa shape index (κ2) is 6.29. The number of aromatic nitrogens is 1. The lowest BCUT2D eigenvalue weighted by molar-refractivity contribution is 0.0793. The highest BCUT2D eigenvalue weighted by atomic mass is 32.2. The summed E-state index contributed by atoms with van der Waals surface area (Å²) in [4.78, 5) is 18.0. The van der Waals surface area contributed by atoms with Crippen molar-refractivity contribution in [3.63, 3.8) is 0 Å². The maximum atomic E-state index is 12.4. The average Bonchev–Trinajstić information content (AvgIpc) is 3.18.